The van der Waals surface area contributed by atoms with E-state index in [4.69, 9.17) is 0 Å². The molecular weight excluding hydrogens is 300 g/mol. The van der Waals surface area contributed by atoms with Crippen molar-refractivity contribution in [1.82, 2.24) is 9.55 Å². The molecule has 0 radical (unpaired) electrons. The first kappa shape index (κ1) is 11.1. The number of hydrogen-bond donors (Lipinski definition) is 1. The lowest BCUT2D eigenvalue weighted by atomic mass is 10.1. The standard InChI is InChI=1S/C16H13BrN2/c1-9-3-5-12-14(7-9)19(2)16-15(12)11-6-4-10(17)8-13(11)18-16/h3-8,18H,1-2H3. The fraction of sp³-hybridized carbons (Fsp3) is 0.125. The molecule has 0 aliphatic rings. The highest BCUT2D eigenvalue weighted by molar-refractivity contribution is 9.10. The number of H-pyrrole nitrogens is 1. The first-order valence-electron chi connectivity index (χ1n) is 6.31. The lowest BCUT2D eigenvalue weighted by molar-refractivity contribution is 0.995. The van der Waals surface area contributed by atoms with Gasteiger partial charge in [0.05, 0.1) is 5.52 Å². The second-order valence-corrected chi connectivity index (χ2v) is 6.03. The maximum absolute atomic E-state index is 3.53. The molecule has 2 heterocycles. The highest BCUT2D eigenvalue weighted by Crippen LogP contribution is 2.35. The molecule has 19 heavy (non-hydrogen) atoms. The van der Waals surface area contributed by atoms with Crippen molar-refractivity contribution in [3.05, 3.63) is 46.4 Å². The molecule has 3 heteroatoms. The summed E-state index contributed by atoms with van der Waals surface area (Å²) in [4.78, 5) is 3.53. The SMILES string of the molecule is Cc1ccc2c3c4ccc(Br)cc4[nH]c3n(C)c2c1. The molecule has 2 aromatic heterocycles. The number of benzene rings is 2. The molecule has 0 unspecified atom stereocenters. The Bertz CT molecular complexity index is 944. The van der Waals surface area contributed by atoms with Gasteiger partial charge in [0.1, 0.15) is 5.65 Å². The van der Waals surface area contributed by atoms with Gasteiger partial charge >= 0.3 is 0 Å². The minimum Gasteiger partial charge on any atom is -0.341 e. The van der Waals surface area contributed by atoms with Gasteiger partial charge in [-0.2, -0.15) is 0 Å². The number of nitrogens with one attached hydrogen (secondary N) is 1. The third-order valence-corrected chi connectivity index (χ3v) is 4.35. The van der Waals surface area contributed by atoms with Crippen molar-refractivity contribution in [2.45, 2.75) is 6.92 Å². The van der Waals surface area contributed by atoms with E-state index >= 15 is 0 Å². The molecule has 94 valence electrons. The number of aryl methyl sites for hydroxylation is 2. The molecule has 0 saturated heterocycles. The van der Waals surface area contributed by atoms with E-state index in [1.54, 1.807) is 0 Å². The predicted octanol–water partition coefficient (Wildman–Crippen LogP) is 4.88. The van der Waals surface area contributed by atoms with Crippen LogP contribution >= 0.6 is 15.9 Å². The number of rotatable bonds is 0. The third kappa shape index (κ3) is 1.42. The topological polar surface area (TPSA) is 20.7 Å². The van der Waals surface area contributed by atoms with Crippen molar-refractivity contribution < 1.29 is 0 Å². The minimum absolute atomic E-state index is 1.10. The van der Waals surface area contributed by atoms with Crippen LogP contribution in [0, 0.1) is 6.92 Å². The lowest BCUT2D eigenvalue weighted by Gasteiger charge is -1.99. The summed E-state index contributed by atoms with van der Waals surface area (Å²) in [5.41, 5.74) is 4.94. The monoisotopic (exact) mass is 312 g/mol. The largest absolute Gasteiger partial charge is 0.341 e. The first-order valence-corrected chi connectivity index (χ1v) is 7.10. The second-order valence-electron chi connectivity index (χ2n) is 5.12. The van der Waals surface area contributed by atoms with E-state index in [0.29, 0.717) is 0 Å². The van der Waals surface area contributed by atoms with Crippen molar-refractivity contribution in [2.24, 2.45) is 7.05 Å². The number of fused-ring (bicyclic) bond motifs is 5. The van der Waals surface area contributed by atoms with Crippen molar-refractivity contribution in [1.29, 1.82) is 0 Å². The van der Waals surface area contributed by atoms with Crippen molar-refractivity contribution in [3.63, 3.8) is 0 Å². The van der Waals surface area contributed by atoms with Crippen molar-refractivity contribution in [3.8, 4) is 0 Å². The number of halogens is 1. The Labute approximate surface area is 119 Å². The Morgan fingerprint density at radius 2 is 1.84 bits per heavy atom. The van der Waals surface area contributed by atoms with Gasteiger partial charge in [-0.15, -0.1) is 0 Å². The van der Waals surface area contributed by atoms with Crippen LogP contribution in [-0.2, 0) is 7.05 Å². The van der Waals surface area contributed by atoms with E-state index in [1.165, 1.54) is 38.4 Å². The molecule has 1 N–H and O–H groups in total. The zero-order valence-electron chi connectivity index (χ0n) is 10.8. The number of aromatic amines is 1. The van der Waals surface area contributed by atoms with Crippen LogP contribution in [0.25, 0.3) is 32.8 Å². The lowest BCUT2D eigenvalue weighted by Crippen LogP contribution is -1.87. The van der Waals surface area contributed by atoms with Gasteiger partial charge in [0.15, 0.2) is 0 Å². The summed E-state index contributed by atoms with van der Waals surface area (Å²) in [5.74, 6) is 0. The molecule has 0 saturated carbocycles. The average Bonchev–Trinajstić information content (AvgIpc) is 2.86. The van der Waals surface area contributed by atoms with Crippen molar-refractivity contribution in [2.75, 3.05) is 0 Å². The van der Waals surface area contributed by atoms with Gasteiger partial charge in [0.25, 0.3) is 0 Å². The molecule has 2 aromatic carbocycles. The number of aromatic nitrogens is 2. The zero-order valence-corrected chi connectivity index (χ0v) is 12.4. The van der Waals surface area contributed by atoms with Gasteiger partial charge in [-0.3, -0.25) is 0 Å². The van der Waals surface area contributed by atoms with Gasteiger partial charge in [0.2, 0.25) is 0 Å². The van der Waals surface area contributed by atoms with Gasteiger partial charge in [0, 0.05) is 33.2 Å². The molecule has 0 amide bonds. The van der Waals surface area contributed by atoms with Gasteiger partial charge in [-0.1, -0.05) is 34.1 Å². The summed E-state index contributed by atoms with van der Waals surface area (Å²) in [6.07, 6.45) is 0. The molecule has 2 nitrogen and oxygen atoms in total. The average molecular weight is 313 g/mol. The molecule has 4 rings (SSSR count). The smallest absolute Gasteiger partial charge is 0.119 e. The second kappa shape index (κ2) is 3.64. The highest BCUT2D eigenvalue weighted by atomic mass is 79.9. The van der Waals surface area contributed by atoms with E-state index in [0.717, 1.165) is 4.47 Å². The van der Waals surface area contributed by atoms with Crippen LogP contribution in [0.15, 0.2) is 40.9 Å². The van der Waals surface area contributed by atoms with E-state index < -0.39 is 0 Å². The molecule has 0 atom stereocenters. The molecule has 0 fully saturated rings. The Hall–Kier alpha value is -1.74. The number of hydrogen-bond acceptors (Lipinski definition) is 0. The molecule has 4 aromatic rings. The Kier molecular flexibility index (Phi) is 2.13. The summed E-state index contributed by atoms with van der Waals surface area (Å²) < 4.78 is 3.35. The molecular formula is C16H13BrN2. The Morgan fingerprint density at radius 1 is 1.05 bits per heavy atom. The Morgan fingerprint density at radius 3 is 2.68 bits per heavy atom. The van der Waals surface area contributed by atoms with Gasteiger partial charge in [-0.05, 0) is 30.7 Å². The van der Waals surface area contributed by atoms with Gasteiger partial charge in [-0.25, -0.2) is 0 Å². The molecule has 0 spiro atoms. The summed E-state index contributed by atoms with van der Waals surface area (Å²) in [5, 5.41) is 3.92. The van der Waals surface area contributed by atoms with E-state index in [1.807, 2.05) is 0 Å². The maximum Gasteiger partial charge on any atom is 0.119 e. The zero-order chi connectivity index (χ0) is 13.1. The fourth-order valence-corrected chi connectivity index (χ4v) is 3.29. The van der Waals surface area contributed by atoms with Crippen LogP contribution in [0.3, 0.4) is 0 Å². The quantitative estimate of drug-likeness (QED) is 0.477. The third-order valence-electron chi connectivity index (χ3n) is 3.86. The number of nitrogens with zero attached hydrogens (tertiary/aromatic N) is 1. The highest BCUT2D eigenvalue weighted by Gasteiger charge is 2.13. The summed E-state index contributed by atoms with van der Waals surface area (Å²) >= 11 is 3.53. The van der Waals surface area contributed by atoms with Crippen LogP contribution in [0.5, 0.6) is 0 Å². The van der Waals surface area contributed by atoms with Gasteiger partial charge < -0.3 is 9.55 Å². The van der Waals surface area contributed by atoms with Crippen LogP contribution in [-0.4, -0.2) is 9.55 Å². The van der Waals surface area contributed by atoms with E-state index in [9.17, 15) is 0 Å². The van der Waals surface area contributed by atoms with Crippen LogP contribution < -0.4 is 0 Å². The van der Waals surface area contributed by atoms with Crippen LogP contribution in [0.1, 0.15) is 5.56 Å². The van der Waals surface area contributed by atoms with Crippen LogP contribution in [0.2, 0.25) is 0 Å². The van der Waals surface area contributed by atoms with Crippen LogP contribution in [0.4, 0.5) is 0 Å². The predicted molar refractivity (Wildman–Crippen MR) is 84.7 cm³/mol. The molecule has 0 bridgehead atoms. The summed E-state index contributed by atoms with van der Waals surface area (Å²) in [6, 6.07) is 13.1. The summed E-state index contributed by atoms with van der Waals surface area (Å²) in [6.45, 7) is 2.13. The summed E-state index contributed by atoms with van der Waals surface area (Å²) in [7, 11) is 2.12. The normalized spacial score (nSPS) is 11.9. The Balaban J connectivity index is 2.30. The van der Waals surface area contributed by atoms with E-state index in [2.05, 4.69) is 75.9 Å². The maximum atomic E-state index is 3.53. The van der Waals surface area contributed by atoms with Crippen molar-refractivity contribution >= 4 is 48.8 Å². The van der Waals surface area contributed by atoms with E-state index in [-0.39, 0.29) is 0 Å². The minimum atomic E-state index is 1.10. The molecule has 0 aliphatic carbocycles. The fourth-order valence-electron chi connectivity index (χ4n) is 2.93. The first-order chi connectivity index (χ1) is 9.15. The molecule has 0 aliphatic heterocycles.